The molecule has 1 rings (SSSR count). The van der Waals surface area contributed by atoms with E-state index in [2.05, 4.69) is 0 Å². The second-order valence-corrected chi connectivity index (χ2v) is 6.21. The molecule has 0 heterocycles. The third-order valence-corrected chi connectivity index (χ3v) is 4.52. The fraction of sp³-hybridized carbons (Fsp3) is 0.500. The van der Waals surface area contributed by atoms with Crippen LogP contribution in [0.3, 0.4) is 0 Å². The van der Waals surface area contributed by atoms with Gasteiger partial charge in [0.25, 0.3) is 0 Å². The maximum atomic E-state index is 11.6. The smallest absolute Gasteiger partial charge is 0.215 e. The summed E-state index contributed by atoms with van der Waals surface area (Å²) in [7, 11) is -1.55. The average Bonchev–Trinajstić information content (AvgIpc) is 2.30. The van der Waals surface area contributed by atoms with Crippen LogP contribution >= 0.6 is 0 Å². The molecule has 0 amide bonds. The van der Waals surface area contributed by atoms with Crippen LogP contribution in [0.25, 0.3) is 0 Å². The highest BCUT2D eigenvalue weighted by Crippen LogP contribution is 2.05. The van der Waals surface area contributed by atoms with Crippen molar-refractivity contribution in [2.24, 2.45) is 5.73 Å². The van der Waals surface area contributed by atoms with Gasteiger partial charge in [0, 0.05) is 20.1 Å². The molecule has 0 aliphatic rings. The van der Waals surface area contributed by atoms with E-state index in [0.29, 0.717) is 6.54 Å². The molecule has 96 valence electrons. The summed E-state index contributed by atoms with van der Waals surface area (Å²) < 4.78 is 24.6. The molecule has 4 nitrogen and oxygen atoms in total. The van der Waals surface area contributed by atoms with Crippen molar-refractivity contribution in [3.63, 3.8) is 0 Å². The van der Waals surface area contributed by atoms with Crippen molar-refractivity contribution in [3.8, 4) is 0 Å². The van der Waals surface area contributed by atoms with E-state index in [-0.39, 0.29) is 12.3 Å². The third kappa shape index (κ3) is 4.85. The molecular weight excluding hydrogens is 236 g/mol. The van der Waals surface area contributed by atoms with E-state index < -0.39 is 10.0 Å². The number of hydrogen-bond acceptors (Lipinski definition) is 3. The molecule has 1 aromatic rings. The highest BCUT2D eigenvalue weighted by atomic mass is 32.2. The quantitative estimate of drug-likeness (QED) is 0.786. The monoisotopic (exact) mass is 256 g/mol. The number of nitrogens with two attached hydrogens (primary N) is 1. The summed E-state index contributed by atoms with van der Waals surface area (Å²) in [5, 5.41) is 0. The Morgan fingerprint density at radius 2 is 1.88 bits per heavy atom. The van der Waals surface area contributed by atoms with Crippen molar-refractivity contribution in [3.05, 3.63) is 35.9 Å². The molecule has 0 atom stereocenters. The normalized spacial score (nSPS) is 11.9. The molecule has 0 unspecified atom stereocenters. The van der Waals surface area contributed by atoms with Crippen molar-refractivity contribution in [1.29, 1.82) is 0 Å². The summed E-state index contributed by atoms with van der Waals surface area (Å²) in [6, 6.07) is 10.1. The van der Waals surface area contributed by atoms with Gasteiger partial charge in [-0.2, -0.15) is 0 Å². The topological polar surface area (TPSA) is 63.4 Å². The summed E-state index contributed by atoms with van der Waals surface area (Å²) in [5.74, 6) is 0.0227. The standard InChI is InChI=1S/C12H20N2O2S/c1-14(17(15,16)11-9-13)10-5-8-12-6-3-2-4-7-12/h2-4,6-7H,5,8-11,13H2,1H3. The van der Waals surface area contributed by atoms with Gasteiger partial charge in [-0.1, -0.05) is 30.3 Å². The van der Waals surface area contributed by atoms with Crippen molar-refractivity contribution < 1.29 is 8.42 Å². The van der Waals surface area contributed by atoms with E-state index in [1.54, 1.807) is 7.05 Å². The lowest BCUT2D eigenvalue weighted by molar-refractivity contribution is 0.461. The minimum Gasteiger partial charge on any atom is -0.329 e. The lowest BCUT2D eigenvalue weighted by atomic mass is 10.1. The van der Waals surface area contributed by atoms with Crippen LogP contribution in [0.2, 0.25) is 0 Å². The molecule has 1 aromatic carbocycles. The summed E-state index contributed by atoms with van der Waals surface area (Å²) in [6.45, 7) is 0.711. The number of aryl methyl sites for hydroxylation is 1. The number of nitrogens with zero attached hydrogens (tertiary/aromatic N) is 1. The Hall–Kier alpha value is -0.910. The molecule has 0 bridgehead atoms. The maximum Gasteiger partial charge on any atom is 0.215 e. The minimum atomic E-state index is -3.16. The van der Waals surface area contributed by atoms with E-state index in [9.17, 15) is 8.42 Å². The first-order valence-electron chi connectivity index (χ1n) is 5.74. The Morgan fingerprint density at radius 3 is 2.47 bits per heavy atom. The fourth-order valence-electron chi connectivity index (χ4n) is 1.59. The Morgan fingerprint density at radius 1 is 1.24 bits per heavy atom. The van der Waals surface area contributed by atoms with Crippen LogP contribution in [0.1, 0.15) is 12.0 Å². The van der Waals surface area contributed by atoms with Gasteiger partial charge in [-0.15, -0.1) is 0 Å². The highest BCUT2D eigenvalue weighted by Gasteiger charge is 2.15. The molecule has 17 heavy (non-hydrogen) atoms. The van der Waals surface area contributed by atoms with Gasteiger partial charge >= 0.3 is 0 Å². The van der Waals surface area contributed by atoms with Crippen molar-refractivity contribution in [2.45, 2.75) is 12.8 Å². The molecule has 2 N–H and O–H groups in total. The Balaban J connectivity index is 2.37. The first kappa shape index (κ1) is 14.2. The van der Waals surface area contributed by atoms with Gasteiger partial charge in [0.15, 0.2) is 0 Å². The van der Waals surface area contributed by atoms with E-state index in [1.807, 2.05) is 30.3 Å². The maximum absolute atomic E-state index is 11.6. The van der Waals surface area contributed by atoms with Crippen LogP contribution < -0.4 is 5.73 Å². The van der Waals surface area contributed by atoms with E-state index in [4.69, 9.17) is 5.73 Å². The van der Waals surface area contributed by atoms with Gasteiger partial charge in [-0.25, -0.2) is 12.7 Å². The van der Waals surface area contributed by atoms with E-state index >= 15 is 0 Å². The van der Waals surface area contributed by atoms with Crippen molar-refractivity contribution in [2.75, 3.05) is 25.9 Å². The molecule has 0 spiro atoms. The molecular formula is C12H20N2O2S. The average molecular weight is 256 g/mol. The molecule has 0 saturated carbocycles. The van der Waals surface area contributed by atoms with Crippen LogP contribution in [-0.2, 0) is 16.4 Å². The summed E-state index contributed by atoms with van der Waals surface area (Å²) in [5.41, 5.74) is 6.50. The second-order valence-electron chi connectivity index (χ2n) is 4.02. The third-order valence-electron chi connectivity index (χ3n) is 2.63. The van der Waals surface area contributed by atoms with Crippen LogP contribution in [0.15, 0.2) is 30.3 Å². The van der Waals surface area contributed by atoms with Gasteiger partial charge in [0.1, 0.15) is 0 Å². The first-order chi connectivity index (χ1) is 8.06. The van der Waals surface area contributed by atoms with Gasteiger partial charge in [-0.3, -0.25) is 0 Å². The Labute approximate surface area is 103 Å². The Bertz CT molecular complexity index is 417. The van der Waals surface area contributed by atoms with Crippen molar-refractivity contribution in [1.82, 2.24) is 4.31 Å². The van der Waals surface area contributed by atoms with E-state index in [1.165, 1.54) is 9.87 Å². The zero-order valence-corrected chi connectivity index (χ0v) is 11.0. The number of hydrogen-bond donors (Lipinski definition) is 1. The van der Waals surface area contributed by atoms with Crippen LogP contribution in [0, 0.1) is 0 Å². The molecule has 0 aliphatic heterocycles. The number of benzene rings is 1. The van der Waals surface area contributed by atoms with Crippen LogP contribution in [-0.4, -0.2) is 38.6 Å². The van der Waals surface area contributed by atoms with Crippen LogP contribution in [0.4, 0.5) is 0 Å². The molecule has 0 fully saturated rings. The van der Waals surface area contributed by atoms with Gasteiger partial charge in [-0.05, 0) is 18.4 Å². The lowest BCUT2D eigenvalue weighted by Gasteiger charge is -2.16. The van der Waals surface area contributed by atoms with Gasteiger partial charge in [0.05, 0.1) is 5.75 Å². The number of rotatable bonds is 7. The lowest BCUT2D eigenvalue weighted by Crippen LogP contribution is -2.32. The predicted molar refractivity (Wildman–Crippen MR) is 70.2 cm³/mol. The van der Waals surface area contributed by atoms with Crippen molar-refractivity contribution >= 4 is 10.0 Å². The minimum absolute atomic E-state index is 0.0227. The van der Waals surface area contributed by atoms with Gasteiger partial charge < -0.3 is 5.73 Å². The summed E-state index contributed by atoms with van der Waals surface area (Å²) in [6.07, 6.45) is 1.72. The summed E-state index contributed by atoms with van der Waals surface area (Å²) in [4.78, 5) is 0. The molecule has 0 saturated heterocycles. The largest absolute Gasteiger partial charge is 0.329 e. The van der Waals surface area contributed by atoms with Crippen LogP contribution in [0.5, 0.6) is 0 Å². The zero-order valence-electron chi connectivity index (χ0n) is 10.2. The fourth-order valence-corrected chi connectivity index (χ4v) is 2.61. The number of sulfonamides is 1. The predicted octanol–water partition coefficient (Wildman–Crippen LogP) is 0.840. The molecule has 0 radical (unpaired) electrons. The highest BCUT2D eigenvalue weighted by molar-refractivity contribution is 7.89. The second kappa shape index (κ2) is 6.74. The Kier molecular flexibility index (Phi) is 5.61. The first-order valence-corrected chi connectivity index (χ1v) is 7.35. The van der Waals surface area contributed by atoms with Gasteiger partial charge in [0.2, 0.25) is 10.0 Å². The SMILES string of the molecule is CN(CCCc1ccccc1)S(=O)(=O)CCN. The zero-order chi connectivity index (χ0) is 12.7. The van der Waals surface area contributed by atoms with E-state index in [0.717, 1.165) is 12.8 Å². The molecule has 0 aliphatic carbocycles. The molecule has 5 heteroatoms. The molecule has 0 aromatic heterocycles. The summed E-state index contributed by atoms with van der Waals surface area (Å²) >= 11 is 0.